The molecule has 1 heterocycles. The van der Waals surface area contributed by atoms with Crippen LogP contribution in [0.4, 0.5) is 0 Å². The van der Waals surface area contributed by atoms with Gasteiger partial charge in [-0.2, -0.15) is 0 Å². The summed E-state index contributed by atoms with van der Waals surface area (Å²) in [6.45, 7) is 5.57. The van der Waals surface area contributed by atoms with Gasteiger partial charge in [-0.3, -0.25) is 4.79 Å². The van der Waals surface area contributed by atoms with Crippen molar-refractivity contribution in [1.29, 1.82) is 0 Å². The van der Waals surface area contributed by atoms with Gasteiger partial charge in [-0.05, 0) is 25.7 Å². The van der Waals surface area contributed by atoms with E-state index in [-0.39, 0.29) is 11.4 Å². The Morgan fingerprint density at radius 1 is 1.15 bits per heavy atom. The molecule has 0 amide bonds. The zero-order valence-electron chi connectivity index (χ0n) is 12.9. The average Bonchev–Trinajstić information content (AvgIpc) is 3.00. The average molecular weight is 284 g/mol. The third-order valence-corrected chi connectivity index (χ3v) is 4.87. The summed E-state index contributed by atoms with van der Waals surface area (Å²) in [6.07, 6.45) is 8.88. The first-order valence-electron chi connectivity index (χ1n) is 8.05. The minimum absolute atomic E-state index is 0.0358. The van der Waals surface area contributed by atoms with E-state index in [0.29, 0.717) is 19.8 Å². The Balaban J connectivity index is 2.04. The maximum Gasteiger partial charge on any atom is 0.302 e. The molecule has 0 N–H and O–H groups in total. The second kappa shape index (κ2) is 6.90. The number of hydrogen-bond donors (Lipinski definition) is 0. The van der Waals surface area contributed by atoms with Crippen molar-refractivity contribution in [3.63, 3.8) is 0 Å². The lowest BCUT2D eigenvalue weighted by Crippen LogP contribution is -2.46. The second-order valence-electron chi connectivity index (χ2n) is 6.13. The van der Waals surface area contributed by atoms with Crippen LogP contribution in [0.2, 0.25) is 0 Å². The molecule has 0 radical (unpaired) electrons. The Morgan fingerprint density at radius 3 is 2.55 bits per heavy atom. The van der Waals surface area contributed by atoms with Crippen LogP contribution in [0.15, 0.2) is 0 Å². The fourth-order valence-corrected chi connectivity index (χ4v) is 3.88. The van der Waals surface area contributed by atoms with Gasteiger partial charge in [-0.1, -0.05) is 26.2 Å². The smallest absolute Gasteiger partial charge is 0.302 e. The summed E-state index contributed by atoms with van der Waals surface area (Å²) in [6, 6.07) is 0. The van der Waals surface area contributed by atoms with Gasteiger partial charge in [0.1, 0.15) is 0 Å². The summed E-state index contributed by atoms with van der Waals surface area (Å²) in [4.78, 5) is 11.0. The summed E-state index contributed by atoms with van der Waals surface area (Å²) in [5.74, 6) is -0.602. The summed E-state index contributed by atoms with van der Waals surface area (Å²) in [5, 5.41) is 0. The lowest BCUT2D eigenvalue weighted by atomic mass is 9.74. The maximum atomic E-state index is 11.0. The highest BCUT2D eigenvalue weighted by Gasteiger charge is 2.58. The van der Waals surface area contributed by atoms with Crippen LogP contribution >= 0.6 is 0 Å². The molecule has 1 spiro atoms. The molecule has 2 fully saturated rings. The van der Waals surface area contributed by atoms with Crippen LogP contribution < -0.4 is 0 Å². The van der Waals surface area contributed by atoms with Crippen LogP contribution in [0.5, 0.6) is 0 Å². The fraction of sp³-hybridized carbons (Fsp3) is 0.938. The number of unbranched alkanes of at least 4 members (excludes halogenated alkanes) is 2. The zero-order valence-corrected chi connectivity index (χ0v) is 12.9. The van der Waals surface area contributed by atoms with Gasteiger partial charge in [0.25, 0.3) is 0 Å². The predicted octanol–water partition coefficient (Wildman–Crippen LogP) is 3.43. The van der Waals surface area contributed by atoms with Gasteiger partial charge in [0, 0.05) is 18.8 Å². The predicted molar refractivity (Wildman–Crippen MR) is 76.3 cm³/mol. The quantitative estimate of drug-likeness (QED) is 0.530. The van der Waals surface area contributed by atoms with Crippen molar-refractivity contribution in [3.8, 4) is 0 Å². The van der Waals surface area contributed by atoms with E-state index >= 15 is 0 Å². The van der Waals surface area contributed by atoms with Crippen LogP contribution in [-0.4, -0.2) is 31.6 Å². The highest BCUT2D eigenvalue weighted by molar-refractivity contribution is 5.65. The molecule has 4 nitrogen and oxygen atoms in total. The van der Waals surface area contributed by atoms with Crippen molar-refractivity contribution in [2.45, 2.75) is 71.0 Å². The van der Waals surface area contributed by atoms with E-state index in [1.807, 2.05) is 0 Å². The minimum Gasteiger partial charge on any atom is -0.466 e. The van der Waals surface area contributed by atoms with Crippen LogP contribution in [0.25, 0.3) is 0 Å². The molecular formula is C16H28O4. The number of carbonyl (C=O) groups excluding carboxylic acids is 1. The highest BCUT2D eigenvalue weighted by Crippen LogP contribution is 2.56. The normalized spacial score (nSPS) is 28.1. The van der Waals surface area contributed by atoms with Gasteiger partial charge in [0.05, 0.1) is 19.8 Å². The molecule has 1 unspecified atom stereocenters. The van der Waals surface area contributed by atoms with Gasteiger partial charge in [-0.15, -0.1) is 0 Å². The van der Waals surface area contributed by atoms with E-state index in [9.17, 15) is 4.79 Å². The molecule has 4 heteroatoms. The molecule has 1 aliphatic heterocycles. The summed E-state index contributed by atoms with van der Waals surface area (Å²) in [5.41, 5.74) is 0.0358. The largest absolute Gasteiger partial charge is 0.466 e. The molecule has 1 aliphatic carbocycles. The number of rotatable bonds is 7. The van der Waals surface area contributed by atoms with E-state index < -0.39 is 5.79 Å². The Morgan fingerprint density at radius 2 is 1.90 bits per heavy atom. The first-order chi connectivity index (χ1) is 9.64. The zero-order chi connectivity index (χ0) is 14.5. The number of ether oxygens (including phenoxy) is 3. The van der Waals surface area contributed by atoms with Crippen molar-refractivity contribution < 1.29 is 19.0 Å². The molecule has 0 aromatic heterocycles. The Hall–Kier alpha value is -0.610. The van der Waals surface area contributed by atoms with Crippen LogP contribution in [0.1, 0.15) is 65.2 Å². The summed E-state index contributed by atoms with van der Waals surface area (Å²) < 4.78 is 17.3. The second-order valence-corrected chi connectivity index (χ2v) is 6.13. The monoisotopic (exact) mass is 284 g/mol. The van der Waals surface area contributed by atoms with Gasteiger partial charge in [0.2, 0.25) is 0 Å². The molecule has 2 rings (SSSR count). The fourth-order valence-electron chi connectivity index (χ4n) is 3.88. The molecule has 20 heavy (non-hydrogen) atoms. The topological polar surface area (TPSA) is 44.8 Å². The molecular weight excluding hydrogens is 256 g/mol. The third-order valence-electron chi connectivity index (χ3n) is 4.87. The van der Waals surface area contributed by atoms with E-state index in [2.05, 4.69) is 6.92 Å². The summed E-state index contributed by atoms with van der Waals surface area (Å²) in [7, 11) is 0. The molecule has 0 aromatic carbocycles. The number of esters is 1. The maximum absolute atomic E-state index is 11.0. The first kappa shape index (κ1) is 15.8. The molecule has 1 saturated carbocycles. The third kappa shape index (κ3) is 3.17. The highest BCUT2D eigenvalue weighted by atomic mass is 16.7. The van der Waals surface area contributed by atoms with Crippen molar-refractivity contribution in [2.75, 3.05) is 19.8 Å². The van der Waals surface area contributed by atoms with Crippen LogP contribution in [-0.2, 0) is 19.0 Å². The van der Waals surface area contributed by atoms with Gasteiger partial charge in [0.15, 0.2) is 5.79 Å². The van der Waals surface area contributed by atoms with Crippen molar-refractivity contribution >= 4 is 5.97 Å². The van der Waals surface area contributed by atoms with Gasteiger partial charge < -0.3 is 14.2 Å². The van der Waals surface area contributed by atoms with Gasteiger partial charge >= 0.3 is 5.97 Å². The van der Waals surface area contributed by atoms with Crippen LogP contribution in [0, 0.1) is 5.41 Å². The van der Waals surface area contributed by atoms with Crippen LogP contribution in [0.3, 0.4) is 0 Å². The molecule has 1 saturated heterocycles. The molecule has 116 valence electrons. The lowest BCUT2D eigenvalue weighted by molar-refractivity contribution is -0.229. The van der Waals surface area contributed by atoms with E-state index in [4.69, 9.17) is 14.2 Å². The van der Waals surface area contributed by atoms with Crippen molar-refractivity contribution in [3.05, 3.63) is 0 Å². The summed E-state index contributed by atoms with van der Waals surface area (Å²) >= 11 is 0. The van der Waals surface area contributed by atoms with E-state index in [0.717, 1.165) is 32.1 Å². The molecule has 0 bridgehead atoms. The molecule has 1 atom stereocenters. The Bertz CT molecular complexity index is 317. The lowest BCUT2D eigenvalue weighted by Gasteiger charge is -2.42. The van der Waals surface area contributed by atoms with E-state index in [1.165, 1.54) is 26.2 Å². The SMILES string of the molecule is CCCCCC1(CCOC(C)=O)CCCC12OCCO2. The standard InChI is InChI=1S/C16H28O4/c1-3-4-5-7-15(10-11-18-14(2)17)8-6-9-16(15)19-12-13-20-16/h3-13H2,1-2H3. The van der Waals surface area contributed by atoms with Crippen molar-refractivity contribution in [2.24, 2.45) is 5.41 Å². The first-order valence-corrected chi connectivity index (χ1v) is 8.05. The van der Waals surface area contributed by atoms with Crippen molar-refractivity contribution in [1.82, 2.24) is 0 Å². The minimum atomic E-state index is -0.402. The Labute approximate surface area is 122 Å². The molecule has 2 aliphatic rings. The van der Waals surface area contributed by atoms with Gasteiger partial charge in [-0.25, -0.2) is 0 Å². The Kier molecular flexibility index (Phi) is 5.44. The number of carbonyl (C=O) groups is 1. The molecule has 0 aromatic rings. The number of hydrogen-bond acceptors (Lipinski definition) is 4. The van der Waals surface area contributed by atoms with E-state index in [1.54, 1.807) is 0 Å².